The van der Waals surface area contributed by atoms with Crippen molar-refractivity contribution in [2.24, 2.45) is 0 Å². The Morgan fingerprint density at radius 3 is 2.06 bits per heavy atom. The number of carbonyl (C=O) groups is 1. The van der Waals surface area contributed by atoms with Gasteiger partial charge in [0.15, 0.2) is 0 Å². The zero-order valence-electron chi connectivity index (χ0n) is 8.85. The molecule has 0 atom stereocenters. The summed E-state index contributed by atoms with van der Waals surface area (Å²) in [5.41, 5.74) is -1.63. The standard InChI is InChI=1S/C11H11F3O2/c1-11(2,5-9(15)16)10-7(13)3-6(12)4-8(10)14/h3-4H,5H2,1-2H3,(H,15,16). The van der Waals surface area contributed by atoms with Gasteiger partial charge < -0.3 is 5.11 Å². The lowest BCUT2D eigenvalue weighted by Gasteiger charge is -2.24. The summed E-state index contributed by atoms with van der Waals surface area (Å²) in [6.45, 7) is 2.78. The fourth-order valence-corrected chi connectivity index (χ4v) is 1.66. The molecule has 1 aromatic rings. The molecular formula is C11H11F3O2. The van der Waals surface area contributed by atoms with Crippen molar-refractivity contribution in [2.75, 3.05) is 0 Å². The molecule has 1 rings (SSSR count). The summed E-state index contributed by atoms with van der Waals surface area (Å²) in [7, 11) is 0. The minimum absolute atomic E-state index is 0.406. The molecule has 0 amide bonds. The quantitative estimate of drug-likeness (QED) is 0.870. The maximum atomic E-state index is 13.4. The van der Waals surface area contributed by atoms with Crippen molar-refractivity contribution in [3.8, 4) is 0 Å². The van der Waals surface area contributed by atoms with E-state index in [0.29, 0.717) is 12.1 Å². The first-order chi connectivity index (χ1) is 7.24. The van der Waals surface area contributed by atoms with E-state index < -0.39 is 40.8 Å². The minimum Gasteiger partial charge on any atom is -0.481 e. The van der Waals surface area contributed by atoms with Crippen molar-refractivity contribution in [2.45, 2.75) is 25.7 Å². The maximum absolute atomic E-state index is 13.4. The lowest BCUT2D eigenvalue weighted by atomic mass is 9.81. The van der Waals surface area contributed by atoms with Crippen LogP contribution in [0.4, 0.5) is 13.2 Å². The second kappa shape index (κ2) is 4.15. The molecule has 0 aliphatic rings. The molecule has 88 valence electrons. The van der Waals surface area contributed by atoms with E-state index >= 15 is 0 Å². The summed E-state index contributed by atoms with van der Waals surface area (Å²) in [4.78, 5) is 10.6. The third kappa shape index (κ3) is 2.53. The molecule has 0 heterocycles. The average Bonchev–Trinajstić information content (AvgIpc) is 1.96. The highest BCUT2D eigenvalue weighted by Gasteiger charge is 2.30. The number of carboxylic acids is 1. The molecule has 0 aromatic heterocycles. The van der Waals surface area contributed by atoms with Gasteiger partial charge in [0.25, 0.3) is 0 Å². The van der Waals surface area contributed by atoms with Crippen LogP contribution in [0.1, 0.15) is 25.8 Å². The number of aliphatic carboxylic acids is 1. The number of benzene rings is 1. The molecule has 0 radical (unpaired) electrons. The summed E-state index contributed by atoms with van der Waals surface area (Å²) in [5, 5.41) is 8.63. The van der Waals surface area contributed by atoms with Crippen LogP contribution in [0.15, 0.2) is 12.1 Å². The molecule has 0 saturated heterocycles. The zero-order chi connectivity index (χ0) is 12.5. The van der Waals surface area contributed by atoms with E-state index in [4.69, 9.17) is 5.11 Å². The first-order valence-corrected chi connectivity index (χ1v) is 4.61. The van der Waals surface area contributed by atoms with Gasteiger partial charge in [0.1, 0.15) is 17.5 Å². The van der Waals surface area contributed by atoms with Gasteiger partial charge in [0.05, 0.1) is 6.42 Å². The normalized spacial score (nSPS) is 11.6. The van der Waals surface area contributed by atoms with Crippen LogP contribution in [0.5, 0.6) is 0 Å². The monoisotopic (exact) mass is 232 g/mol. The molecule has 0 saturated carbocycles. The number of hydrogen-bond donors (Lipinski definition) is 1. The van der Waals surface area contributed by atoms with Crippen LogP contribution >= 0.6 is 0 Å². The van der Waals surface area contributed by atoms with E-state index in [-0.39, 0.29) is 0 Å². The number of hydrogen-bond acceptors (Lipinski definition) is 1. The van der Waals surface area contributed by atoms with Crippen LogP contribution in [0.2, 0.25) is 0 Å². The van der Waals surface area contributed by atoms with Gasteiger partial charge in [-0.1, -0.05) is 13.8 Å². The third-order valence-electron chi connectivity index (χ3n) is 2.28. The second-order valence-electron chi connectivity index (χ2n) is 4.20. The average molecular weight is 232 g/mol. The molecule has 1 aromatic carbocycles. The first-order valence-electron chi connectivity index (χ1n) is 4.61. The Kier molecular flexibility index (Phi) is 3.26. The number of rotatable bonds is 3. The van der Waals surface area contributed by atoms with Crippen molar-refractivity contribution >= 4 is 5.97 Å². The highest BCUT2D eigenvalue weighted by atomic mass is 19.1. The summed E-state index contributed by atoms with van der Waals surface area (Å²) < 4.78 is 39.4. The highest BCUT2D eigenvalue weighted by molar-refractivity contribution is 5.69. The molecule has 0 aliphatic heterocycles. The SMILES string of the molecule is CC(C)(CC(=O)O)c1c(F)cc(F)cc1F. The molecule has 0 fully saturated rings. The topological polar surface area (TPSA) is 37.3 Å². The van der Waals surface area contributed by atoms with Crippen molar-refractivity contribution in [3.63, 3.8) is 0 Å². The molecular weight excluding hydrogens is 221 g/mol. The van der Waals surface area contributed by atoms with Gasteiger partial charge in [-0.25, -0.2) is 13.2 Å². The third-order valence-corrected chi connectivity index (χ3v) is 2.28. The van der Waals surface area contributed by atoms with Gasteiger partial charge in [-0.3, -0.25) is 4.79 Å². The molecule has 0 bridgehead atoms. The van der Waals surface area contributed by atoms with Crippen LogP contribution in [-0.4, -0.2) is 11.1 Å². The fraction of sp³-hybridized carbons (Fsp3) is 0.364. The van der Waals surface area contributed by atoms with Crippen molar-refractivity contribution in [1.29, 1.82) is 0 Å². The fourth-order valence-electron chi connectivity index (χ4n) is 1.66. The first kappa shape index (κ1) is 12.5. The Morgan fingerprint density at radius 1 is 1.25 bits per heavy atom. The summed E-state index contributed by atoms with van der Waals surface area (Å²) in [5.74, 6) is -4.33. The van der Waals surface area contributed by atoms with Crippen LogP contribution < -0.4 is 0 Å². The van der Waals surface area contributed by atoms with E-state index in [0.717, 1.165) is 0 Å². The zero-order valence-corrected chi connectivity index (χ0v) is 8.85. The summed E-state index contributed by atoms with van der Waals surface area (Å²) in [6.07, 6.45) is -0.438. The minimum atomic E-state index is -1.23. The van der Waals surface area contributed by atoms with Gasteiger partial charge in [0, 0.05) is 23.1 Å². The molecule has 1 N–H and O–H groups in total. The van der Waals surface area contributed by atoms with Crippen LogP contribution in [0.25, 0.3) is 0 Å². The second-order valence-corrected chi connectivity index (χ2v) is 4.20. The van der Waals surface area contributed by atoms with Gasteiger partial charge in [-0.05, 0) is 0 Å². The van der Waals surface area contributed by atoms with Gasteiger partial charge in [0.2, 0.25) is 0 Å². The number of halogens is 3. The highest BCUT2D eigenvalue weighted by Crippen LogP contribution is 2.31. The van der Waals surface area contributed by atoms with E-state index in [1.165, 1.54) is 13.8 Å². The molecule has 0 unspecified atom stereocenters. The Bertz CT molecular complexity index is 404. The van der Waals surface area contributed by atoms with Gasteiger partial charge in [-0.2, -0.15) is 0 Å². The lowest BCUT2D eigenvalue weighted by molar-refractivity contribution is -0.138. The van der Waals surface area contributed by atoms with Gasteiger partial charge >= 0.3 is 5.97 Å². The predicted molar refractivity (Wildman–Crippen MR) is 51.6 cm³/mol. The van der Waals surface area contributed by atoms with Crippen LogP contribution in [0.3, 0.4) is 0 Å². The number of carboxylic acid groups (broad SMARTS) is 1. The van der Waals surface area contributed by atoms with E-state index in [1.54, 1.807) is 0 Å². The van der Waals surface area contributed by atoms with Crippen molar-refractivity contribution in [3.05, 3.63) is 35.1 Å². The molecule has 0 aliphatic carbocycles. The smallest absolute Gasteiger partial charge is 0.304 e. The molecule has 16 heavy (non-hydrogen) atoms. The van der Waals surface area contributed by atoms with Gasteiger partial charge in [-0.15, -0.1) is 0 Å². The molecule has 5 heteroatoms. The Morgan fingerprint density at radius 2 is 1.69 bits per heavy atom. The Hall–Kier alpha value is -1.52. The predicted octanol–water partition coefficient (Wildman–Crippen LogP) is 2.86. The Labute approximate surface area is 90.7 Å². The largest absolute Gasteiger partial charge is 0.481 e. The van der Waals surface area contributed by atoms with E-state index in [2.05, 4.69) is 0 Å². The molecule has 0 spiro atoms. The van der Waals surface area contributed by atoms with E-state index in [9.17, 15) is 18.0 Å². The summed E-state index contributed by atoms with van der Waals surface area (Å²) in [6, 6.07) is 1.09. The van der Waals surface area contributed by atoms with Crippen molar-refractivity contribution < 1.29 is 23.1 Å². The van der Waals surface area contributed by atoms with Crippen molar-refractivity contribution in [1.82, 2.24) is 0 Å². The lowest BCUT2D eigenvalue weighted by Crippen LogP contribution is -2.24. The Balaban J connectivity index is 3.27. The summed E-state index contributed by atoms with van der Waals surface area (Å²) >= 11 is 0. The maximum Gasteiger partial charge on any atom is 0.304 e. The molecule has 2 nitrogen and oxygen atoms in total. The van der Waals surface area contributed by atoms with Crippen LogP contribution in [-0.2, 0) is 10.2 Å². The van der Waals surface area contributed by atoms with E-state index in [1.807, 2.05) is 0 Å². The van der Waals surface area contributed by atoms with Crippen LogP contribution in [0, 0.1) is 17.5 Å².